The SMILES string of the molecule is Cc1cc(Cl)cc2on3c4ccccc4c(=O)cc3c12. The van der Waals surface area contributed by atoms with Gasteiger partial charge in [0.15, 0.2) is 11.0 Å². The van der Waals surface area contributed by atoms with E-state index in [1.165, 1.54) is 0 Å². The van der Waals surface area contributed by atoms with Crippen molar-refractivity contribution in [2.24, 2.45) is 0 Å². The predicted molar refractivity (Wildman–Crippen MR) is 80.7 cm³/mol. The lowest BCUT2D eigenvalue weighted by Crippen LogP contribution is -2.02. The molecule has 0 N–H and O–H groups in total. The van der Waals surface area contributed by atoms with E-state index in [9.17, 15) is 4.79 Å². The van der Waals surface area contributed by atoms with Crippen LogP contribution in [0.3, 0.4) is 0 Å². The Hall–Kier alpha value is -2.26. The lowest BCUT2D eigenvalue weighted by atomic mass is 10.1. The van der Waals surface area contributed by atoms with Gasteiger partial charge in [-0.15, -0.1) is 0 Å². The molecule has 0 atom stereocenters. The first kappa shape index (κ1) is 11.6. The van der Waals surface area contributed by atoms with Crippen LogP contribution < -0.4 is 5.43 Å². The summed E-state index contributed by atoms with van der Waals surface area (Å²) >= 11 is 6.07. The number of hydrogen-bond donors (Lipinski definition) is 0. The summed E-state index contributed by atoms with van der Waals surface area (Å²) in [6, 6.07) is 12.7. The van der Waals surface area contributed by atoms with Gasteiger partial charge in [0.25, 0.3) is 0 Å². The number of benzene rings is 2. The second kappa shape index (κ2) is 3.87. The van der Waals surface area contributed by atoms with Gasteiger partial charge in [0.05, 0.1) is 16.4 Å². The van der Waals surface area contributed by atoms with Crippen molar-refractivity contribution in [2.75, 3.05) is 0 Å². The lowest BCUT2D eigenvalue weighted by molar-refractivity contribution is 0.423. The van der Waals surface area contributed by atoms with Crippen molar-refractivity contribution in [3.63, 3.8) is 0 Å². The second-order valence-corrected chi connectivity index (χ2v) is 5.33. The van der Waals surface area contributed by atoms with Crippen LogP contribution in [-0.2, 0) is 0 Å². The number of halogens is 1. The van der Waals surface area contributed by atoms with E-state index in [1.807, 2.05) is 31.2 Å². The number of fused-ring (bicyclic) bond motifs is 5. The summed E-state index contributed by atoms with van der Waals surface area (Å²) in [6.45, 7) is 1.96. The Bertz CT molecular complexity index is 1040. The second-order valence-electron chi connectivity index (χ2n) is 4.89. The van der Waals surface area contributed by atoms with Gasteiger partial charge >= 0.3 is 0 Å². The molecule has 0 bridgehead atoms. The number of pyridine rings is 1. The predicted octanol–water partition coefficient (Wildman–Crippen LogP) is 4.16. The molecule has 20 heavy (non-hydrogen) atoms. The Morgan fingerprint density at radius 3 is 2.75 bits per heavy atom. The van der Waals surface area contributed by atoms with Gasteiger partial charge in [-0.05, 0) is 30.7 Å². The summed E-state index contributed by atoms with van der Waals surface area (Å²) < 4.78 is 7.57. The van der Waals surface area contributed by atoms with Crippen molar-refractivity contribution >= 4 is 39.0 Å². The van der Waals surface area contributed by atoms with Gasteiger partial charge in [-0.2, -0.15) is 4.57 Å². The topological polar surface area (TPSA) is 34.6 Å². The minimum Gasteiger partial charge on any atom is -0.374 e. The monoisotopic (exact) mass is 283 g/mol. The molecule has 3 nitrogen and oxygen atoms in total. The minimum absolute atomic E-state index is 0.00218. The van der Waals surface area contributed by atoms with E-state index < -0.39 is 0 Å². The maximum absolute atomic E-state index is 12.2. The molecule has 2 aromatic carbocycles. The highest BCUT2D eigenvalue weighted by Crippen LogP contribution is 2.30. The van der Waals surface area contributed by atoms with E-state index in [1.54, 1.807) is 22.8 Å². The summed E-state index contributed by atoms with van der Waals surface area (Å²) in [7, 11) is 0. The number of para-hydroxylation sites is 1. The summed E-state index contributed by atoms with van der Waals surface area (Å²) in [5.74, 6) is 0. The molecule has 0 unspecified atom stereocenters. The number of aromatic nitrogens is 1. The molecular weight excluding hydrogens is 274 g/mol. The average Bonchev–Trinajstić information content (AvgIpc) is 2.77. The van der Waals surface area contributed by atoms with E-state index in [-0.39, 0.29) is 5.43 Å². The van der Waals surface area contributed by atoms with Gasteiger partial charge in [0.2, 0.25) is 0 Å². The molecule has 0 fully saturated rings. The van der Waals surface area contributed by atoms with Crippen molar-refractivity contribution in [3.05, 3.63) is 63.3 Å². The molecule has 4 heteroatoms. The highest BCUT2D eigenvalue weighted by molar-refractivity contribution is 6.31. The highest BCUT2D eigenvalue weighted by atomic mass is 35.5. The van der Waals surface area contributed by atoms with Gasteiger partial charge in [-0.3, -0.25) is 4.79 Å². The van der Waals surface area contributed by atoms with Gasteiger partial charge < -0.3 is 4.52 Å². The van der Waals surface area contributed by atoms with Crippen molar-refractivity contribution in [1.82, 2.24) is 4.57 Å². The molecule has 0 radical (unpaired) electrons. The molecule has 0 aliphatic rings. The van der Waals surface area contributed by atoms with Crippen LogP contribution >= 0.6 is 11.6 Å². The Balaban J connectivity index is 2.37. The summed E-state index contributed by atoms with van der Waals surface area (Å²) in [5, 5.41) is 2.20. The lowest BCUT2D eigenvalue weighted by Gasteiger charge is -1.99. The molecule has 4 aromatic rings. The standard InChI is InChI=1S/C16H10ClNO2/c1-9-6-10(17)7-15-16(9)13-8-14(19)11-4-2-3-5-12(11)18(13)20-15/h2-8H,1H3. The summed E-state index contributed by atoms with van der Waals surface area (Å²) in [5.41, 5.74) is 3.22. The molecule has 98 valence electrons. The zero-order valence-corrected chi connectivity index (χ0v) is 11.4. The van der Waals surface area contributed by atoms with E-state index in [0.29, 0.717) is 16.0 Å². The zero-order valence-electron chi connectivity index (χ0n) is 10.7. The fourth-order valence-corrected chi connectivity index (χ4v) is 3.00. The quantitative estimate of drug-likeness (QED) is 0.486. The third kappa shape index (κ3) is 1.44. The Morgan fingerprint density at radius 2 is 1.90 bits per heavy atom. The van der Waals surface area contributed by atoms with Gasteiger partial charge in [0.1, 0.15) is 0 Å². The fourth-order valence-electron chi connectivity index (χ4n) is 2.73. The number of rotatable bonds is 0. The van der Waals surface area contributed by atoms with Crippen molar-refractivity contribution in [1.29, 1.82) is 0 Å². The molecule has 4 rings (SSSR count). The van der Waals surface area contributed by atoms with Crippen LogP contribution in [0.25, 0.3) is 27.4 Å². The van der Waals surface area contributed by atoms with Crippen LogP contribution in [0.5, 0.6) is 0 Å². The van der Waals surface area contributed by atoms with Crippen LogP contribution in [0, 0.1) is 6.92 Å². The molecule has 0 aliphatic carbocycles. The third-order valence-corrected chi connectivity index (χ3v) is 3.80. The average molecular weight is 284 g/mol. The Labute approximate surface area is 118 Å². The smallest absolute Gasteiger partial charge is 0.190 e. The van der Waals surface area contributed by atoms with Crippen molar-refractivity contribution in [3.8, 4) is 0 Å². The van der Waals surface area contributed by atoms with Gasteiger partial charge in [-0.1, -0.05) is 23.7 Å². The Morgan fingerprint density at radius 1 is 1.10 bits per heavy atom. The first-order valence-electron chi connectivity index (χ1n) is 6.29. The number of hydrogen-bond acceptors (Lipinski definition) is 2. The molecule has 0 aliphatic heterocycles. The van der Waals surface area contributed by atoms with Gasteiger partial charge in [0, 0.05) is 22.5 Å². The van der Waals surface area contributed by atoms with Crippen LogP contribution in [-0.4, -0.2) is 4.57 Å². The summed E-state index contributed by atoms with van der Waals surface area (Å²) in [4.78, 5) is 12.2. The minimum atomic E-state index is -0.00218. The molecule has 0 amide bonds. The van der Waals surface area contributed by atoms with Crippen molar-refractivity contribution < 1.29 is 4.52 Å². The van der Waals surface area contributed by atoms with E-state index in [4.69, 9.17) is 16.1 Å². The molecular formula is C16H10ClNO2. The maximum atomic E-state index is 12.2. The van der Waals surface area contributed by atoms with Crippen molar-refractivity contribution in [2.45, 2.75) is 6.92 Å². The molecule has 0 saturated heterocycles. The number of nitrogens with zero attached hydrogens (tertiary/aromatic N) is 1. The van der Waals surface area contributed by atoms with E-state index in [2.05, 4.69) is 0 Å². The largest absolute Gasteiger partial charge is 0.374 e. The van der Waals surface area contributed by atoms with Crippen LogP contribution in [0.4, 0.5) is 0 Å². The molecule has 0 spiro atoms. The normalized spacial score (nSPS) is 11.7. The zero-order chi connectivity index (χ0) is 13.9. The molecule has 2 heterocycles. The molecule has 0 saturated carbocycles. The first-order valence-corrected chi connectivity index (χ1v) is 6.66. The fraction of sp³-hybridized carbons (Fsp3) is 0.0625. The Kier molecular flexibility index (Phi) is 2.24. The first-order chi connectivity index (χ1) is 9.65. The summed E-state index contributed by atoms with van der Waals surface area (Å²) in [6.07, 6.45) is 0. The molecule has 2 aromatic heterocycles. The van der Waals surface area contributed by atoms with E-state index in [0.717, 1.165) is 22.0 Å². The number of aryl methyl sites for hydroxylation is 1. The third-order valence-electron chi connectivity index (χ3n) is 3.58. The van der Waals surface area contributed by atoms with Crippen LogP contribution in [0.2, 0.25) is 5.02 Å². The highest BCUT2D eigenvalue weighted by Gasteiger charge is 2.13. The van der Waals surface area contributed by atoms with E-state index >= 15 is 0 Å². The van der Waals surface area contributed by atoms with Crippen LogP contribution in [0.1, 0.15) is 5.56 Å². The van der Waals surface area contributed by atoms with Crippen LogP contribution in [0.15, 0.2) is 51.8 Å². The van der Waals surface area contributed by atoms with Gasteiger partial charge in [-0.25, -0.2) is 0 Å². The maximum Gasteiger partial charge on any atom is 0.190 e.